The maximum absolute atomic E-state index is 12.9. The highest BCUT2D eigenvalue weighted by molar-refractivity contribution is 7.20. The summed E-state index contributed by atoms with van der Waals surface area (Å²) in [6.45, 7) is 2.58. The summed E-state index contributed by atoms with van der Waals surface area (Å²) in [6.07, 6.45) is 0. The lowest BCUT2D eigenvalue weighted by molar-refractivity contribution is -0.117. The number of aryl methyl sites for hydroxylation is 1. The zero-order chi connectivity index (χ0) is 20.7. The summed E-state index contributed by atoms with van der Waals surface area (Å²) in [6, 6.07) is 9.03. The highest BCUT2D eigenvalue weighted by Gasteiger charge is 2.19. The lowest BCUT2D eigenvalue weighted by Crippen LogP contribution is -2.30. The van der Waals surface area contributed by atoms with Gasteiger partial charge in [-0.15, -0.1) is 22.7 Å². The highest BCUT2D eigenvalue weighted by Crippen LogP contribution is 2.33. The Morgan fingerprint density at radius 3 is 2.87 bits per heavy atom. The number of carbonyl (C=O) groups excluding carboxylic acids is 1. The van der Waals surface area contributed by atoms with E-state index in [9.17, 15) is 9.59 Å². The van der Waals surface area contributed by atoms with Gasteiger partial charge in [0.1, 0.15) is 25.5 Å². The number of rotatable bonds is 4. The van der Waals surface area contributed by atoms with Crippen LogP contribution in [-0.4, -0.2) is 33.9 Å². The minimum absolute atomic E-state index is 0.224. The number of hydrogen-bond donors (Lipinski definition) is 1. The van der Waals surface area contributed by atoms with Gasteiger partial charge in [0.25, 0.3) is 5.56 Å². The van der Waals surface area contributed by atoms with Crippen LogP contribution in [0.1, 0.15) is 5.01 Å². The van der Waals surface area contributed by atoms with Crippen molar-refractivity contribution in [3.05, 3.63) is 51.1 Å². The maximum atomic E-state index is 12.9. The van der Waals surface area contributed by atoms with Crippen LogP contribution in [0.15, 0.2) is 40.5 Å². The first-order chi connectivity index (χ1) is 14.6. The molecule has 30 heavy (non-hydrogen) atoms. The molecule has 3 aromatic heterocycles. The van der Waals surface area contributed by atoms with Crippen LogP contribution in [0.3, 0.4) is 0 Å². The van der Waals surface area contributed by atoms with Crippen LogP contribution in [0.5, 0.6) is 11.5 Å². The largest absolute Gasteiger partial charge is 0.486 e. The number of ether oxygens (including phenoxy) is 2. The normalized spacial score (nSPS) is 12.8. The summed E-state index contributed by atoms with van der Waals surface area (Å²) >= 11 is 2.95. The number of thiazole rings is 1. The van der Waals surface area contributed by atoms with Crippen molar-refractivity contribution < 1.29 is 14.3 Å². The van der Waals surface area contributed by atoms with E-state index in [1.165, 1.54) is 27.4 Å². The Hall–Kier alpha value is -3.24. The molecule has 1 aliphatic heterocycles. The quantitative estimate of drug-likeness (QED) is 0.523. The molecular formula is C20H16N4O4S2. The lowest BCUT2D eigenvalue weighted by atomic mass is 10.2. The molecule has 152 valence electrons. The van der Waals surface area contributed by atoms with E-state index in [-0.39, 0.29) is 18.0 Å². The van der Waals surface area contributed by atoms with E-state index in [4.69, 9.17) is 9.47 Å². The van der Waals surface area contributed by atoms with Crippen molar-refractivity contribution in [2.24, 2.45) is 0 Å². The summed E-state index contributed by atoms with van der Waals surface area (Å²) in [5.74, 6) is 0.848. The molecule has 4 heterocycles. The van der Waals surface area contributed by atoms with E-state index in [2.05, 4.69) is 15.4 Å². The lowest BCUT2D eigenvalue weighted by Gasteiger charge is -2.19. The van der Waals surface area contributed by atoms with Gasteiger partial charge in [-0.3, -0.25) is 9.59 Å². The van der Waals surface area contributed by atoms with Crippen LogP contribution in [0.2, 0.25) is 0 Å². The number of fused-ring (bicyclic) bond motifs is 2. The predicted molar refractivity (Wildman–Crippen MR) is 116 cm³/mol. The van der Waals surface area contributed by atoms with Crippen LogP contribution in [0, 0.1) is 6.92 Å². The predicted octanol–water partition coefficient (Wildman–Crippen LogP) is 3.30. The zero-order valence-corrected chi connectivity index (χ0v) is 17.5. The molecule has 0 radical (unpaired) electrons. The Balaban J connectivity index is 1.46. The van der Waals surface area contributed by atoms with Crippen LogP contribution >= 0.6 is 22.7 Å². The number of amides is 1. The third-order valence-electron chi connectivity index (χ3n) is 4.48. The Morgan fingerprint density at radius 1 is 1.23 bits per heavy atom. The van der Waals surface area contributed by atoms with E-state index in [1.54, 1.807) is 18.2 Å². The summed E-state index contributed by atoms with van der Waals surface area (Å²) < 4.78 is 12.9. The summed E-state index contributed by atoms with van der Waals surface area (Å²) in [7, 11) is 0. The van der Waals surface area contributed by atoms with E-state index in [1.807, 2.05) is 24.4 Å². The average molecular weight is 441 g/mol. The number of nitrogens with one attached hydrogen (secondary N) is 1. The van der Waals surface area contributed by atoms with Crippen LogP contribution in [0.4, 0.5) is 5.69 Å². The van der Waals surface area contributed by atoms with Gasteiger partial charge in [-0.2, -0.15) is 5.10 Å². The van der Waals surface area contributed by atoms with E-state index in [0.717, 1.165) is 14.6 Å². The number of aromatic nitrogens is 3. The van der Waals surface area contributed by atoms with E-state index >= 15 is 0 Å². The molecule has 1 aromatic carbocycles. The van der Waals surface area contributed by atoms with Crippen molar-refractivity contribution in [1.29, 1.82) is 0 Å². The molecule has 1 amide bonds. The van der Waals surface area contributed by atoms with Crippen molar-refractivity contribution >= 4 is 44.5 Å². The fraction of sp³-hybridized carbons (Fsp3) is 0.200. The van der Waals surface area contributed by atoms with Gasteiger partial charge in [0, 0.05) is 11.8 Å². The summed E-state index contributed by atoms with van der Waals surface area (Å²) in [4.78, 5) is 30.8. The topological polar surface area (TPSA) is 95.3 Å². The SMILES string of the molecule is Cc1nc2c(=O)n(CC(=O)Nc3ccc4c(c3)OCCO4)nc(-c3cccs3)c2s1. The number of anilines is 1. The molecule has 0 fully saturated rings. The van der Waals surface area contributed by atoms with Crippen molar-refractivity contribution in [2.75, 3.05) is 18.5 Å². The molecule has 0 saturated carbocycles. The van der Waals surface area contributed by atoms with Crippen LogP contribution in [-0.2, 0) is 11.3 Å². The van der Waals surface area contributed by atoms with Crippen LogP contribution < -0.4 is 20.3 Å². The number of hydrogen-bond acceptors (Lipinski definition) is 8. The molecule has 1 aliphatic rings. The minimum Gasteiger partial charge on any atom is -0.486 e. The fourth-order valence-electron chi connectivity index (χ4n) is 3.21. The maximum Gasteiger partial charge on any atom is 0.294 e. The van der Waals surface area contributed by atoms with Crippen LogP contribution in [0.25, 0.3) is 20.8 Å². The third kappa shape index (κ3) is 3.44. The Labute approximate surface area is 178 Å². The molecule has 0 bridgehead atoms. The van der Waals surface area contributed by atoms with Gasteiger partial charge in [-0.1, -0.05) is 6.07 Å². The second kappa shape index (κ2) is 7.54. The number of carbonyl (C=O) groups is 1. The minimum atomic E-state index is -0.382. The number of thiophene rings is 1. The Kier molecular flexibility index (Phi) is 4.72. The molecule has 10 heteroatoms. The second-order valence-electron chi connectivity index (χ2n) is 6.61. The van der Waals surface area contributed by atoms with Gasteiger partial charge in [0.05, 0.1) is 14.6 Å². The molecule has 4 aromatic rings. The van der Waals surface area contributed by atoms with Gasteiger partial charge in [-0.25, -0.2) is 9.67 Å². The molecule has 0 unspecified atom stereocenters. The fourth-order valence-corrected chi connectivity index (χ4v) is 4.90. The second-order valence-corrected chi connectivity index (χ2v) is 8.76. The molecule has 8 nitrogen and oxygen atoms in total. The van der Waals surface area contributed by atoms with Crippen molar-refractivity contribution in [2.45, 2.75) is 13.5 Å². The highest BCUT2D eigenvalue weighted by atomic mass is 32.1. The van der Waals surface area contributed by atoms with Crippen molar-refractivity contribution in [3.63, 3.8) is 0 Å². The number of nitrogens with zero attached hydrogens (tertiary/aromatic N) is 3. The Morgan fingerprint density at radius 2 is 2.07 bits per heavy atom. The Bertz CT molecular complexity index is 1310. The molecule has 0 saturated heterocycles. The van der Waals surface area contributed by atoms with Gasteiger partial charge in [0.2, 0.25) is 5.91 Å². The van der Waals surface area contributed by atoms with Crippen molar-refractivity contribution in [1.82, 2.24) is 14.8 Å². The molecular weight excluding hydrogens is 424 g/mol. The molecule has 0 atom stereocenters. The summed E-state index contributed by atoms with van der Waals surface area (Å²) in [5, 5.41) is 10.00. The van der Waals surface area contributed by atoms with Gasteiger partial charge < -0.3 is 14.8 Å². The molecule has 5 rings (SSSR count). The van der Waals surface area contributed by atoms with E-state index in [0.29, 0.717) is 41.6 Å². The molecule has 1 N–H and O–H groups in total. The monoisotopic (exact) mass is 440 g/mol. The zero-order valence-electron chi connectivity index (χ0n) is 15.9. The number of benzene rings is 1. The first-order valence-electron chi connectivity index (χ1n) is 9.20. The third-order valence-corrected chi connectivity index (χ3v) is 6.33. The molecule has 0 spiro atoms. The molecule has 0 aliphatic carbocycles. The standard InChI is InChI=1S/C20H16N4O4S2/c1-11-21-18-19(30-11)17(15-3-2-8-29-15)23-24(20(18)26)10-16(25)22-12-4-5-13-14(9-12)28-7-6-27-13/h2-5,8-9H,6-7,10H2,1H3,(H,22,25). The van der Waals surface area contributed by atoms with Gasteiger partial charge >= 0.3 is 0 Å². The smallest absolute Gasteiger partial charge is 0.294 e. The van der Waals surface area contributed by atoms with Gasteiger partial charge in [-0.05, 0) is 30.5 Å². The van der Waals surface area contributed by atoms with E-state index < -0.39 is 0 Å². The summed E-state index contributed by atoms with van der Waals surface area (Å²) in [5.41, 5.74) is 1.17. The van der Waals surface area contributed by atoms with Gasteiger partial charge in [0.15, 0.2) is 17.0 Å². The first kappa shape index (κ1) is 18.8. The average Bonchev–Trinajstić information content (AvgIpc) is 3.40. The first-order valence-corrected chi connectivity index (χ1v) is 10.9. The van der Waals surface area contributed by atoms with Crippen molar-refractivity contribution in [3.8, 4) is 22.1 Å².